The van der Waals surface area contributed by atoms with Gasteiger partial charge < -0.3 is 0 Å². The third-order valence-corrected chi connectivity index (χ3v) is 5.79. The van der Waals surface area contributed by atoms with Crippen molar-refractivity contribution in [2.45, 2.75) is 0 Å². The molecule has 0 bridgehead atoms. The summed E-state index contributed by atoms with van der Waals surface area (Å²) in [5.74, 6) is -3.13. The van der Waals surface area contributed by atoms with Gasteiger partial charge in [0.2, 0.25) is 0 Å². The first kappa shape index (κ1) is 19.0. The van der Waals surface area contributed by atoms with Gasteiger partial charge in [0.15, 0.2) is 11.6 Å². The summed E-state index contributed by atoms with van der Waals surface area (Å²) >= 11 is 13.4. The molecule has 0 amide bonds. The first-order valence-corrected chi connectivity index (χ1v) is 9.72. The summed E-state index contributed by atoms with van der Waals surface area (Å²) in [5, 5.41) is 3.56. The molecule has 1 nitrogen and oxygen atoms in total. The Morgan fingerprint density at radius 2 is 1.43 bits per heavy atom. The molecule has 28 heavy (non-hydrogen) atoms. The molecule has 4 aromatic rings. The SMILES string of the molecule is Fc1cc(F)c(F)c(-c2ccc(-c3nc(-c4ccc(Cl)c(Cl)c4)cs3)cc2)c1. The maximum absolute atomic E-state index is 14.0. The maximum Gasteiger partial charge on any atom is 0.166 e. The molecule has 3 aromatic carbocycles. The number of thiazole rings is 1. The minimum atomic E-state index is -1.22. The number of benzene rings is 3. The van der Waals surface area contributed by atoms with E-state index in [-0.39, 0.29) is 5.56 Å². The Morgan fingerprint density at radius 3 is 2.14 bits per heavy atom. The number of halogens is 5. The van der Waals surface area contributed by atoms with Gasteiger partial charge >= 0.3 is 0 Å². The van der Waals surface area contributed by atoms with Crippen LogP contribution in [0.1, 0.15) is 0 Å². The molecule has 0 unspecified atom stereocenters. The highest BCUT2D eigenvalue weighted by molar-refractivity contribution is 7.13. The number of rotatable bonds is 3. The smallest absolute Gasteiger partial charge is 0.166 e. The lowest BCUT2D eigenvalue weighted by atomic mass is 10.0. The number of nitrogens with zero attached hydrogens (tertiary/aromatic N) is 1. The van der Waals surface area contributed by atoms with Gasteiger partial charge in [-0.2, -0.15) is 0 Å². The highest BCUT2D eigenvalue weighted by Gasteiger charge is 2.14. The largest absolute Gasteiger partial charge is 0.236 e. The van der Waals surface area contributed by atoms with Crippen LogP contribution in [0.4, 0.5) is 13.2 Å². The zero-order chi connectivity index (χ0) is 19.8. The van der Waals surface area contributed by atoms with E-state index in [1.165, 1.54) is 11.3 Å². The Kier molecular flexibility index (Phi) is 5.15. The van der Waals surface area contributed by atoms with E-state index in [0.29, 0.717) is 21.7 Å². The predicted octanol–water partition coefficient (Wildman–Crippen LogP) is 7.87. The van der Waals surface area contributed by atoms with Gasteiger partial charge in [-0.3, -0.25) is 0 Å². The van der Waals surface area contributed by atoms with Crippen molar-refractivity contribution in [1.29, 1.82) is 0 Å². The Morgan fingerprint density at radius 1 is 0.750 bits per heavy atom. The average molecular weight is 436 g/mol. The van der Waals surface area contributed by atoms with Crippen LogP contribution in [0.2, 0.25) is 10.0 Å². The molecule has 0 aliphatic carbocycles. The fraction of sp³-hybridized carbons (Fsp3) is 0. The van der Waals surface area contributed by atoms with Gasteiger partial charge in [0, 0.05) is 28.1 Å². The van der Waals surface area contributed by atoms with Crippen molar-refractivity contribution in [3.8, 4) is 33.0 Å². The lowest BCUT2D eigenvalue weighted by molar-refractivity contribution is 0.497. The summed E-state index contributed by atoms with van der Waals surface area (Å²) in [6.07, 6.45) is 0. The lowest BCUT2D eigenvalue weighted by Crippen LogP contribution is -1.92. The summed E-state index contributed by atoms with van der Waals surface area (Å²) in [7, 11) is 0. The molecule has 1 heterocycles. The summed E-state index contributed by atoms with van der Waals surface area (Å²) < 4.78 is 40.8. The molecule has 0 aliphatic heterocycles. The second-order valence-corrected chi connectivity index (χ2v) is 7.67. The van der Waals surface area contributed by atoms with Crippen molar-refractivity contribution in [1.82, 2.24) is 4.98 Å². The molecule has 0 saturated carbocycles. The van der Waals surface area contributed by atoms with E-state index in [1.54, 1.807) is 36.4 Å². The molecule has 1 aromatic heterocycles. The fourth-order valence-corrected chi connectivity index (χ4v) is 3.89. The molecule has 0 N–H and O–H groups in total. The highest BCUT2D eigenvalue weighted by Crippen LogP contribution is 2.33. The van der Waals surface area contributed by atoms with Crippen LogP contribution in [-0.4, -0.2) is 4.98 Å². The van der Waals surface area contributed by atoms with E-state index in [2.05, 4.69) is 4.98 Å². The molecule has 0 aliphatic rings. The van der Waals surface area contributed by atoms with Crippen molar-refractivity contribution in [3.05, 3.63) is 87.5 Å². The second kappa shape index (κ2) is 7.59. The first-order valence-electron chi connectivity index (χ1n) is 8.08. The molecule has 0 spiro atoms. The van der Waals surface area contributed by atoms with Crippen LogP contribution in [0.15, 0.2) is 60.0 Å². The summed E-state index contributed by atoms with van der Waals surface area (Å²) in [4.78, 5) is 4.59. The van der Waals surface area contributed by atoms with E-state index < -0.39 is 17.5 Å². The highest BCUT2D eigenvalue weighted by atomic mass is 35.5. The molecule has 140 valence electrons. The molecule has 7 heteroatoms. The van der Waals surface area contributed by atoms with Gasteiger partial charge in [-0.25, -0.2) is 18.2 Å². The average Bonchev–Trinajstić information content (AvgIpc) is 3.17. The Bertz CT molecular complexity index is 1170. The van der Waals surface area contributed by atoms with Crippen LogP contribution >= 0.6 is 34.5 Å². The Hall–Kier alpha value is -2.34. The lowest BCUT2D eigenvalue weighted by Gasteiger charge is -2.06. The standard InChI is InChI=1S/C21H10Cl2F3NS/c22-16-6-5-13(7-17(16)23)19-10-28-21(27-19)12-3-1-11(2-4-12)15-8-14(24)9-18(25)20(15)26/h1-10H. The van der Waals surface area contributed by atoms with Crippen molar-refractivity contribution in [2.75, 3.05) is 0 Å². The maximum atomic E-state index is 14.0. The van der Waals surface area contributed by atoms with E-state index in [4.69, 9.17) is 23.2 Å². The molecule has 0 atom stereocenters. The molecular weight excluding hydrogens is 426 g/mol. The van der Waals surface area contributed by atoms with Crippen LogP contribution in [0.3, 0.4) is 0 Å². The van der Waals surface area contributed by atoms with Crippen LogP contribution in [-0.2, 0) is 0 Å². The summed E-state index contributed by atoms with van der Waals surface area (Å²) in [6.45, 7) is 0. The van der Waals surface area contributed by atoms with Gasteiger partial charge in [0.05, 0.1) is 15.7 Å². The van der Waals surface area contributed by atoms with E-state index in [0.717, 1.165) is 27.9 Å². The number of aromatic nitrogens is 1. The van der Waals surface area contributed by atoms with E-state index in [9.17, 15) is 13.2 Å². The molecular formula is C21H10Cl2F3NS. The number of hydrogen-bond donors (Lipinski definition) is 0. The van der Waals surface area contributed by atoms with Crippen molar-refractivity contribution in [3.63, 3.8) is 0 Å². The number of hydrogen-bond acceptors (Lipinski definition) is 2. The molecule has 0 radical (unpaired) electrons. The summed E-state index contributed by atoms with van der Waals surface area (Å²) in [6, 6.07) is 13.4. The summed E-state index contributed by atoms with van der Waals surface area (Å²) in [5.41, 5.74) is 2.64. The molecule has 0 fully saturated rings. The van der Waals surface area contributed by atoms with Gasteiger partial charge in [-0.15, -0.1) is 11.3 Å². The Labute approximate surface area is 173 Å². The van der Waals surface area contributed by atoms with Crippen molar-refractivity contribution >= 4 is 34.5 Å². The van der Waals surface area contributed by atoms with Crippen LogP contribution in [0, 0.1) is 17.5 Å². The van der Waals surface area contributed by atoms with Crippen LogP contribution in [0.25, 0.3) is 33.0 Å². The fourth-order valence-electron chi connectivity index (χ4n) is 2.75. The third kappa shape index (κ3) is 3.65. The Balaban J connectivity index is 1.65. The van der Waals surface area contributed by atoms with Gasteiger partial charge in [0.1, 0.15) is 10.8 Å². The zero-order valence-electron chi connectivity index (χ0n) is 14.0. The predicted molar refractivity (Wildman–Crippen MR) is 108 cm³/mol. The topological polar surface area (TPSA) is 12.9 Å². The minimum absolute atomic E-state index is 0.125. The van der Waals surface area contributed by atoms with E-state index >= 15 is 0 Å². The minimum Gasteiger partial charge on any atom is -0.236 e. The van der Waals surface area contributed by atoms with Gasteiger partial charge in [-0.1, -0.05) is 53.5 Å². The second-order valence-electron chi connectivity index (χ2n) is 5.99. The molecule has 4 rings (SSSR count). The quantitative estimate of drug-likeness (QED) is 0.298. The van der Waals surface area contributed by atoms with Crippen LogP contribution < -0.4 is 0 Å². The monoisotopic (exact) mass is 435 g/mol. The van der Waals surface area contributed by atoms with Gasteiger partial charge in [0.25, 0.3) is 0 Å². The zero-order valence-corrected chi connectivity index (χ0v) is 16.3. The normalized spacial score (nSPS) is 11.0. The van der Waals surface area contributed by atoms with E-state index in [1.807, 2.05) is 11.4 Å². The first-order chi connectivity index (χ1) is 13.4. The van der Waals surface area contributed by atoms with Crippen molar-refractivity contribution < 1.29 is 13.2 Å². The van der Waals surface area contributed by atoms with Gasteiger partial charge in [-0.05, 0) is 23.8 Å². The third-order valence-electron chi connectivity index (χ3n) is 4.16. The molecule has 0 saturated heterocycles. The van der Waals surface area contributed by atoms with Crippen molar-refractivity contribution in [2.24, 2.45) is 0 Å². The van der Waals surface area contributed by atoms with Crippen LogP contribution in [0.5, 0.6) is 0 Å².